The van der Waals surface area contributed by atoms with Crippen LogP contribution >= 0.6 is 35.1 Å². The summed E-state index contributed by atoms with van der Waals surface area (Å²) < 4.78 is 6.86. The summed E-state index contributed by atoms with van der Waals surface area (Å²) in [5.41, 5.74) is 1.33. The second-order valence-corrected chi connectivity index (χ2v) is 8.86. The van der Waals surface area contributed by atoms with Gasteiger partial charge in [0.15, 0.2) is 5.16 Å². The van der Waals surface area contributed by atoms with Crippen molar-refractivity contribution >= 4 is 46.7 Å². The van der Waals surface area contributed by atoms with E-state index >= 15 is 0 Å². The molecule has 1 atom stereocenters. The Hall–Kier alpha value is -1.64. The van der Waals surface area contributed by atoms with Crippen LogP contribution in [0.4, 0.5) is 5.69 Å². The molecule has 0 unspecified atom stereocenters. The molecule has 2 heterocycles. The summed E-state index contributed by atoms with van der Waals surface area (Å²) in [5, 5.41) is 4.23. The van der Waals surface area contributed by atoms with Crippen LogP contribution in [-0.2, 0) is 17.8 Å². The van der Waals surface area contributed by atoms with Crippen LogP contribution in [-0.4, -0.2) is 33.6 Å². The van der Waals surface area contributed by atoms with Gasteiger partial charge in [0.1, 0.15) is 5.75 Å². The molecule has 1 aliphatic rings. The summed E-state index contributed by atoms with van der Waals surface area (Å²) >= 11 is 8.82. The monoisotopic (exact) mass is 425 g/mol. The van der Waals surface area contributed by atoms with Gasteiger partial charge in [-0.2, -0.15) is 0 Å². The quantitative estimate of drug-likeness (QED) is 0.562. The predicted molar refractivity (Wildman–Crippen MR) is 111 cm³/mol. The Bertz CT molecular complexity index is 933. The normalized spacial score (nSPS) is 15.5. The SMILES string of the molecule is CCn1c(SCC(=O)Nc2cc(Cl)ccc2OC)nc2c(c1=O)S[C@@H](C)C2. The molecule has 0 fully saturated rings. The number of carbonyl (C=O) groups is 1. The summed E-state index contributed by atoms with van der Waals surface area (Å²) in [4.78, 5) is 30.4. The molecule has 6 nitrogen and oxygen atoms in total. The molecule has 0 aliphatic carbocycles. The van der Waals surface area contributed by atoms with Gasteiger partial charge >= 0.3 is 0 Å². The average molecular weight is 426 g/mol. The highest BCUT2D eigenvalue weighted by Crippen LogP contribution is 2.34. The van der Waals surface area contributed by atoms with Gasteiger partial charge in [-0.1, -0.05) is 30.3 Å². The zero-order valence-electron chi connectivity index (χ0n) is 15.2. The topological polar surface area (TPSA) is 73.2 Å². The number of ether oxygens (including phenoxy) is 1. The zero-order chi connectivity index (χ0) is 19.6. The van der Waals surface area contributed by atoms with Crippen LogP contribution in [0.25, 0.3) is 0 Å². The van der Waals surface area contributed by atoms with Crippen molar-refractivity contribution in [2.75, 3.05) is 18.2 Å². The summed E-state index contributed by atoms with van der Waals surface area (Å²) in [7, 11) is 1.53. The molecule has 1 amide bonds. The molecule has 144 valence electrons. The predicted octanol–water partition coefficient (Wildman–Crippen LogP) is 3.69. The van der Waals surface area contributed by atoms with Gasteiger partial charge in [-0.05, 0) is 25.1 Å². The van der Waals surface area contributed by atoms with Gasteiger partial charge in [-0.15, -0.1) is 11.8 Å². The van der Waals surface area contributed by atoms with Gasteiger partial charge in [0.2, 0.25) is 5.91 Å². The number of anilines is 1. The van der Waals surface area contributed by atoms with Gasteiger partial charge in [0.05, 0.1) is 29.1 Å². The van der Waals surface area contributed by atoms with E-state index < -0.39 is 0 Å². The molecule has 27 heavy (non-hydrogen) atoms. The van der Waals surface area contributed by atoms with Gasteiger partial charge in [-0.25, -0.2) is 4.98 Å². The number of hydrogen-bond acceptors (Lipinski definition) is 6. The Morgan fingerprint density at radius 2 is 2.30 bits per heavy atom. The van der Waals surface area contributed by atoms with Crippen LogP contribution in [0.2, 0.25) is 5.02 Å². The Labute approximate surface area is 171 Å². The maximum absolute atomic E-state index is 12.7. The Balaban J connectivity index is 1.75. The average Bonchev–Trinajstić information content (AvgIpc) is 3.01. The molecule has 0 radical (unpaired) electrons. The third-order valence-electron chi connectivity index (χ3n) is 4.05. The lowest BCUT2D eigenvalue weighted by molar-refractivity contribution is -0.113. The van der Waals surface area contributed by atoms with Crippen LogP contribution in [0, 0.1) is 0 Å². The van der Waals surface area contributed by atoms with E-state index in [0.29, 0.717) is 33.4 Å². The fraction of sp³-hybridized carbons (Fsp3) is 0.389. The van der Waals surface area contributed by atoms with Crippen molar-refractivity contribution in [1.82, 2.24) is 9.55 Å². The maximum atomic E-state index is 12.7. The van der Waals surface area contributed by atoms with E-state index in [1.807, 2.05) is 6.92 Å². The molecule has 1 aromatic carbocycles. The van der Waals surface area contributed by atoms with Crippen molar-refractivity contribution in [3.63, 3.8) is 0 Å². The van der Waals surface area contributed by atoms with Crippen molar-refractivity contribution in [2.24, 2.45) is 0 Å². The first kappa shape index (κ1) is 20.1. The molecule has 1 N–H and O–H groups in total. The van der Waals surface area contributed by atoms with Crippen LogP contribution < -0.4 is 15.6 Å². The van der Waals surface area contributed by atoms with Crippen LogP contribution in [0.1, 0.15) is 19.5 Å². The number of aromatic nitrogens is 2. The van der Waals surface area contributed by atoms with Gasteiger partial charge < -0.3 is 10.1 Å². The summed E-state index contributed by atoms with van der Waals surface area (Å²) in [6.07, 6.45) is 0.777. The van der Waals surface area contributed by atoms with Crippen molar-refractivity contribution < 1.29 is 9.53 Å². The van der Waals surface area contributed by atoms with Crippen LogP contribution in [0.3, 0.4) is 0 Å². The highest BCUT2D eigenvalue weighted by Gasteiger charge is 2.26. The number of benzene rings is 1. The van der Waals surface area contributed by atoms with Crippen molar-refractivity contribution in [1.29, 1.82) is 0 Å². The lowest BCUT2D eigenvalue weighted by Crippen LogP contribution is -2.25. The zero-order valence-corrected chi connectivity index (χ0v) is 17.6. The van der Waals surface area contributed by atoms with Crippen LogP contribution in [0.15, 0.2) is 33.0 Å². The Kier molecular flexibility index (Phi) is 6.39. The molecule has 0 saturated heterocycles. The molecule has 0 bridgehead atoms. The first-order valence-corrected chi connectivity index (χ1v) is 10.7. The molecule has 2 aromatic rings. The molecule has 1 aliphatic heterocycles. The van der Waals surface area contributed by atoms with Crippen LogP contribution in [0.5, 0.6) is 5.75 Å². The number of amides is 1. The molecule has 0 saturated carbocycles. The number of rotatable bonds is 6. The van der Waals surface area contributed by atoms with Gasteiger partial charge in [0, 0.05) is 23.2 Å². The minimum atomic E-state index is -0.222. The minimum absolute atomic E-state index is 0.0173. The van der Waals surface area contributed by atoms with Gasteiger partial charge in [-0.3, -0.25) is 14.2 Å². The summed E-state index contributed by atoms with van der Waals surface area (Å²) in [5.74, 6) is 0.439. The molecule has 0 spiro atoms. The number of thioether (sulfide) groups is 2. The fourth-order valence-electron chi connectivity index (χ4n) is 2.81. The standard InChI is InChI=1S/C18H20ClN3O3S2/c1-4-22-17(24)16-13(7-10(2)27-16)21-18(22)26-9-15(23)20-12-8-11(19)5-6-14(12)25-3/h5-6,8,10H,4,7,9H2,1-3H3,(H,20,23)/t10-/m0/s1. The second-order valence-electron chi connectivity index (χ2n) is 6.03. The molecule has 3 rings (SSSR count). The third-order valence-corrected chi connectivity index (χ3v) is 6.47. The Morgan fingerprint density at radius 1 is 1.52 bits per heavy atom. The number of nitrogens with zero attached hydrogens (tertiary/aromatic N) is 2. The molecular formula is C18H20ClN3O3S2. The molecule has 1 aromatic heterocycles. The summed E-state index contributed by atoms with van der Waals surface area (Å²) in [6.45, 7) is 4.50. The van der Waals surface area contributed by atoms with Crippen molar-refractivity contribution in [3.05, 3.63) is 39.3 Å². The van der Waals surface area contributed by atoms with E-state index in [0.717, 1.165) is 17.0 Å². The first-order chi connectivity index (χ1) is 12.9. The second kappa shape index (κ2) is 8.58. The number of nitrogens with one attached hydrogen (secondary N) is 1. The maximum Gasteiger partial charge on any atom is 0.268 e. The van der Waals surface area contributed by atoms with E-state index in [4.69, 9.17) is 16.3 Å². The van der Waals surface area contributed by atoms with E-state index in [2.05, 4.69) is 17.2 Å². The summed E-state index contributed by atoms with van der Waals surface area (Å²) in [6, 6.07) is 5.02. The van der Waals surface area contributed by atoms with E-state index in [1.165, 1.54) is 18.9 Å². The van der Waals surface area contributed by atoms with Crippen molar-refractivity contribution in [3.8, 4) is 5.75 Å². The number of hydrogen-bond donors (Lipinski definition) is 1. The van der Waals surface area contributed by atoms with E-state index in [9.17, 15) is 9.59 Å². The number of fused-ring (bicyclic) bond motifs is 1. The van der Waals surface area contributed by atoms with Crippen molar-refractivity contribution in [2.45, 2.75) is 42.1 Å². The lowest BCUT2D eigenvalue weighted by Gasteiger charge is -2.13. The fourth-order valence-corrected chi connectivity index (χ4v) is 4.98. The Morgan fingerprint density at radius 3 is 3.00 bits per heavy atom. The lowest BCUT2D eigenvalue weighted by atomic mass is 10.2. The molecule has 9 heteroatoms. The van der Waals surface area contributed by atoms with Gasteiger partial charge in [0.25, 0.3) is 5.56 Å². The smallest absolute Gasteiger partial charge is 0.268 e. The minimum Gasteiger partial charge on any atom is -0.495 e. The largest absolute Gasteiger partial charge is 0.495 e. The number of methoxy groups -OCH3 is 1. The third kappa shape index (κ3) is 4.44. The number of carbonyl (C=O) groups excluding carboxylic acids is 1. The first-order valence-electron chi connectivity index (χ1n) is 8.49. The van der Waals surface area contributed by atoms with E-state index in [1.54, 1.807) is 34.5 Å². The number of halogens is 1. The highest BCUT2D eigenvalue weighted by atomic mass is 35.5. The molecular weight excluding hydrogens is 406 g/mol. The highest BCUT2D eigenvalue weighted by molar-refractivity contribution is 8.00. The van der Waals surface area contributed by atoms with E-state index in [-0.39, 0.29) is 17.2 Å².